The van der Waals surface area contributed by atoms with Gasteiger partial charge in [0.2, 0.25) is 5.91 Å². The molecule has 18 heavy (non-hydrogen) atoms. The number of aryl methyl sites for hydroxylation is 3. The fourth-order valence-corrected chi connectivity index (χ4v) is 2.36. The second kappa shape index (κ2) is 6.55. The number of hydrogen-bond acceptors (Lipinski definition) is 2. The lowest BCUT2D eigenvalue weighted by Gasteiger charge is -2.12. The van der Waals surface area contributed by atoms with Gasteiger partial charge in [-0.15, -0.1) is 0 Å². The fraction of sp³-hybridized carbons (Fsp3) is 0.533. The molecular formula is C15H24N2O. The summed E-state index contributed by atoms with van der Waals surface area (Å²) in [6.45, 7) is 6.45. The number of amides is 1. The van der Waals surface area contributed by atoms with Gasteiger partial charge in [0.1, 0.15) is 0 Å². The summed E-state index contributed by atoms with van der Waals surface area (Å²) >= 11 is 0. The van der Waals surface area contributed by atoms with E-state index in [1.165, 1.54) is 27.3 Å². The molecule has 2 N–H and O–H groups in total. The fourth-order valence-electron chi connectivity index (χ4n) is 2.36. The van der Waals surface area contributed by atoms with E-state index < -0.39 is 0 Å². The maximum Gasteiger partial charge on any atom is 0.236 e. The van der Waals surface area contributed by atoms with Gasteiger partial charge in [0.15, 0.2) is 0 Å². The molecule has 0 aliphatic heterocycles. The van der Waals surface area contributed by atoms with Crippen LogP contribution in [0.5, 0.6) is 0 Å². The molecule has 1 aromatic carbocycles. The van der Waals surface area contributed by atoms with Gasteiger partial charge in [0.05, 0.1) is 0 Å². The Hall–Kier alpha value is -1.35. The summed E-state index contributed by atoms with van der Waals surface area (Å²) in [4.78, 5) is 11.3. The van der Waals surface area contributed by atoms with Crippen LogP contribution in [0.2, 0.25) is 0 Å². The van der Waals surface area contributed by atoms with Crippen molar-refractivity contribution in [2.75, 3.05) is 7.05 Å². The normalized spacial score (nSPS) is 10.5. The van der Waals surface area contributed by atoms with Crippen LogP contribution < -0.4 is 5.84 Å². The Kier molecular flexibility index (Phi) is 5.35. The summed E-state index contributed by atoms with van der Waals surface area (Å²) in [6.07, 6.45) is 3.51. The van der Waals surface area contributed by atoms with Gasteiger partial charge in [-0.05, 0) is 56.7 Å². The zero-order valence-corrected chi connectivity index (χ0v) is 11.9. The van der Waals surface area contributed by atoms with Gasteiger partial charge in [-0.1, -0.05) is 17.7 Å². The van der Waals surface area contributed by atoms with Crippen molar-refractivity contribution in [1.29, 1.82) is 0 Å². The summed E-state index contributed by atoms with van der Waals surface area (Å²) in [5.41, 5.74) is 5.45. The summed E-state index contributed by atoms with van der Waals surface area (Å²) < 4.78 is 0. The molecule has 0 spiro atoms. The van der Waals surface area contributed by atoms with Gasteiger partial charge >= 0.3 is 0 Å². The summed E-state index contributed by atoms with van der Waals surface area (Å²) in [5.74, 6) is 5.38. The molecule has 1 amide bonds. The van der Waals surface area contributed by atoms with Crippen LogP contribution in [0.3, 0.4) is 0 Å². The standard InChI is InChI=1S/C15H24N2O/c1-11-9-12(2)14(13(3)10-11)7-5-6-8-15(18)17(4)16/h9-10H,5-8,16H2,1-4H3. The second-order valence-corrected chi connectivity index (χ2v) is 5.09. The minimum absolute atomic E-state index is 0.00681. The number of hydrazine groups is 1. The van der Waals surface area contributed by atoms with E-state index in [-0.39, 0.29) is 5.91 Å². The Bertz CT molecular complexity index is 401. The predicted octanol–water partition coefficient (Wildman–Crippen LogP) is 2.66. The number of unbranched alkanes of at least 4 members (excludes halogenated alkanes) is 1. The van der Waals surface area contributed by atoms with E-state index in [1.807, 2.05) is 0 Å². The van der Waals surface area contributed by atoms with Crippen molar-refractivity contribution in [2.45, 2.75) is 46.5 Å². The van der Waals surface area contributed by atoms with Crippen molar-refractivity contribution in [3.05, 3.63) is 34.4 Å². The molecule has 3 heteroatoms. The van der Waals surface area contributed by atoms with Crippen molar-refractivity contribution in [3.8, 4) is 0 Å². The molecule has 0 bridgehead atoms. The maximum absolute atomic E-state index is 11.3. The van der Waals surface area contributed by atoms with Gasteiger partial charge in [0, 0.05) is 13.5 Å². The molecule has 0 aliphatic rings. The van der Waals surface area contributed by atoms with Crippen LogP contribution in [0.4, 0.5) is 0 Å². The van der Waals surface area contributed by atoms with Gasteiger partial charge in [-0.3, -0.25) is 9.80 Å². The Morgan fingerprint density at radius 2 is 1.72 bits per heavy atom. The van der Waals surface area contributed by atoms with Crippen LogP contribution in [0.1, 0.15) is 41.5 Å². The Morgan fingerprint density at radius 3 is 2.22 bits per heavy atom. The highest BCUT2D eigenvalue weighted by molar-refractivity contribution is 5.75. The molecule has 100 valence electrons. The predicted molar refractivity (Wildman–Crippen MR) is 75.2 cm³/mol. The average Bonchev–Trinajstić information content (AvgIpc) is 2.26. The third kappa shape index (κ3) is 4.15. The molecule has 0 aromatic heterocycles. The Morgan fingerprint density at radius 1 is 1.17 bits per heavy atom. The van der Waals surface area contributed by atoms with Crippen molar-refractivity contribution in [2.24, 2.45) is 5.84 Å². The SMILES string of the molecule is Cc1cc(C)c(CCCCC(=O)N(C)N)c(C)c1. The number of nitrogens with two attached hydrogens (primary N) is 1. The van der Waals surface area contributed by atoms with Crippen LogP contribution in [-0.2, 0) is 11.2 Å². The number of hydrogen-bond donors (Lipinski definition) is 1. The number of carbonyl (C=O) groups excluding carboxylic acids is 1. The first-order valence-corrected chi connectivity index (χ1v) is 6.49. The molecular weight excluding hydrogens is 224 g/mol. The van der Waals surface area contributed by atoms with E-state index in [0.717, 1.165) is 19.3 Å². The molecule has 0 fully saturated rings. The zero-order valence-electron chi connectivity index (χ0n) is 11.9. The average molecular weight is 248 g/mol. The van der Waals surface area contributed by atoms with Crippen molar-refractivity contribution < 1.29 is 4.79 Å². The van der Waals surface area contributed by atoms with Crippen molar-refractivity contribution >= 4 is 5.91 Å². The summed E-state index contributed by atoms with van der Waals surface area (Å²) in [7, 11) is 1.59. The molecule has 0 heterocycles. The van der Waals surface area contributed by atoms with Crippen LogP contribution >= 0.6 is 0 Å². The van der Waals surface area contributed by atoms with Crippen LogP contribution in [0.15, 0.2) is 12.1 Å². The van der Waals surface area contributed by atoms with Gasteiger partial charge in [0.25, 0.3) is 0 Å². The first kappa shape index (κ1) is 14.7. The van der Waals surface area contributed by atoms with E-state index in [9.17, 15) is 4.79 Å². The molecule has 0 aliphatic carbocycles. The highest BCUT2D eigenvalue weighted by atomic mass is 16.2. The second-order valence-electron chi connectivity index (χ2n) is 5.09. The number of rotatable bonds is 5. The summed E-state index contributed by atoms with van der Waals surface area (Å²) in [6, 6.07) is 4.45. The topological polar surface area (TPSA) is 46.3 Å². The third-order valence-corrected chi connectivity index (χ3v) is 3.30. The van der Waals surface area contributed by atoms with Gasteiger partial charge in [-0.25, -0.2) is 5.84 Å². The minimum Gasteiger partial charge on any atom is -0.284 e. The largest absolute Gasteiger partial charge is 0.284 e. The smallest absolute Gasteiger partial charge is 0.236 e. The molecule has 0 saturated heterocycles. The first-order chi connectivity index (χ1) is 8.41. The molecule has 1 rings (SSSR count). The Balaban J connectivity index is 2.47. The van der Waals surface area contributed by atoms with Gasteiger partial charge in [-0.2, -0.15) is 0 Å². The highest BCUT2D eigenvalue weighted by Gasteiger charge is 2.06. The van der Waals surface area contributed by atoms with Crippen molar-refractivity contribution in [1.82, 2.24) is 5.01 Å². The molecule has 1 aromatic rings. The first-order valence-electron chi connectivity index (χ1n) is 6.49. The van der Waals surface area contributed by atoms with Crippen LogP contribution in [-0.4, -0.2) is 18.0 Å². The van der Waals surface area contributed by atoms with Crippen molar-refractivity contribution in [3.63, 3.8) is 0 Å². The lowest BCUT2D eigenvalue weighted by atomic mass is 9.95. The minimum atomic E-state index is 0.00681. The van der Waals surface area contributed by atoms with E-state index in [2.05, 4.69) is 32.9 Å². The van der Waals surface area contributed by atoms with Crippen LogP contribution in [0, 0.1) is 20.8 Å². The van der Waals surface area contributed by atoms with E-state index >= 15 is 0 Å². The number of nitrogens with zero attached hydrogens (tertiary/aromatic N) is 1. The van der Waals surface area contributed by atoms with E-state index in [1.54, 1.807) is 7.05 Å². The zero-order chi connectivity index (χ0) is 13.7. The molecule has 0 radical (unpaired) electrons. The Labute approximate surface area is 110 Å². The molecule has 0 atom stereocenters. The lowest BCUT2D eigenvalue weighted by molar-refractivity contribution is -0.130. The van der Waals surface area contributed by atoms with E-state index in [4.69, 9.17) is 5.84 Å². The van der Waals surface area contributed by atoms with E-state index in [0.29, 0.717) is 6.42 Å². The number of benzene rings is 1. The number of carbonyl (C=O) groups is 1. The van der Waals surface area contributed by atoms with Crippen LogP contribution in [0.25, 0.3) is 0 Å². The quantitative estimate of drug-likeness (QED) is 0.377. The lowest BCUT2D eigenvalue weighted by Crippen LogP contribution is -2.32. The highest BCUT2D eigenvalue weighted by Crippen LogP contribution is 2.19. The molecule has 3 nitrogen and oxygen atoms in total. The molecule has 0 unspecified atom stereocenters. The summed E-state index contributed by atoms with van der Waals surface area (Å²) in [5, 5.41) is 1.17. The third-order valence-electron chi connectivity index (χ3n) is 3.30. The van der Waals surface area contributed by atoms with Gasteiger partial charge < -0.3 is 0 Å². The monoisotopic (exact) mass is 248 g/mol. The maximum atomic E-state index is 11.3. The molecule has 0 saturated carbocycles.